The maximum Gasteiger partial charge on any atom is 0.149 e. The van der Waals surface area contributed by atoms with Crippen molar-refractivity contribution in [2.24, 2.45) is 0 Å². The number of nitrogens with one attached hydrogen (secondary N) is 1. The van der Waals surface area contributed by atoms with Crippen LogP contribution < -0.4 is 10.1 Å². The van der Waals surface area contributed by atoms with E-state index in [2.05, 4.69) is 5.32 Å². The summed E-state index contributed by atoms with van der Waals surface area (Å²) in [6.07, 6.45) is 2.09. The van der Waals surface area contributed by atoms with Gasteiger partial charge in [-0.05, 0) is 45.7 Å². The third-order valence-corrected chi connectivity index (χ3v) is 3.88. The highest BCUT2D eigenvalue weighted by Crippen LogP contribution is 2.37. The SMILES string of the molecule is CCOCC1(NCc2c(OC(C)C)ccc(Cl)c2F)CC1. The fourth-order valence-electron chi connectivity index (χ4n) is 2.20. The molecule has 0 radical (unpaired) electrons. The first-order valence-corrected chi connectivity index (χ1v) is 7.81. The van der Waals surface area contributed by atoms with Gasteiger partial charge in [0.15, 0.2) is 0 Å². The van der Waals surface area contributed by atoms with Gasteiger partial charge >= 0.3 is 0 Å². The zero-order chi connectivity index (χ0) is 15.5. The maximum atomic E-state index is 14.3. The Kier molecular flexibility index (Phi) is 5.47. The number of benzene rings is 1. The molecule has 1 aromatic carbocycles. The average Bonchev–Trinajstić information content (AvgIpc) is 3.20. The lowest BCUT2D eigenvalue weighted by molar-refractivity contribution is 0.114. The second-order valence-electron chi connectivity index (χ2n) is 5.78. The highest BCUT2D eigenvalue weighted by molar-refractivity contribution is 6.30. The topological polar surface area (TPSA) is 30.5 Å². The summed E-state index contributed by atoms with van der Waals surface area (Å²) in [6, 6.07) is 3.26. The molecule has 1 N–H and O–H groups in total. The van der Waals surface area contributed by atoms with Crippen molar-refractivity contribution in [3.8, 4) is 5.75 Å². The van der Waals surface area contributed by atoms with Crippen molar-refractivity contribution in [3.05, 3.63) is 28.5 Å². The van der Waals surface area contributed by atoms with Crippen LogP contribution in [-0.4, -0.2) is 24.9 Å². The number of rotatable bonds is 8. The molecule has 1 fully saturated rings. The molecule has 0 aromatic heterocycles. The summed E-state index contributed by atoms with van der Waals surface area (Å²) in [7, 11) is 0. The van der Waals surface area contributed by atoms with E-state index in [9.17, 15) is 4.39 Å². The lowest BCUT2D eigenvalue weighted by atomic mass is 10.1. The molecule has 0 unspecified atom stereocenters. The summed E-state index contributed by atoms with van der Waals surface area (Å²) in [5.74, 6) is 0.140. The van der Waals surface area contributed by atoms with Crippen LogP contribution in [0.4, 0.5) is 4.39 Å². The maximum absolute atomic E-state index is 14.3. The lowest BCUT2D eigenvalue weighted by Gasteiger charge is -2.20. The quantitative estimate of drug-likeness (QED) is 0.788. The van der Waals surface area contributed by atoms with Gasteiger partial charge in [-0.25, -0.2) is 4.39 Å². The van der Waals surface area contributed by atoms with E-state index in [1.54, 1.807) is 6.07 Å². The first kappa shape index (κ1) is 16.5. The summed E-state index contributed by atoms with van der Waals surface area (Å²) in [4.78, 5) is 0. The van der Waals surface area contributed by atoms with E-state index in [1.807, 2.05) is 20.8 Å². The van der Waals surface area contributed by atoms with E-state index in [0.29, 0.717) is 31.1 Å². The van der Waals surface area contributed by atoms with E-state index < -0.39 is 5.82 Å². The summed E-state index contributed by atoms with van der Waals surface area (Å²) >= 11 is 5.89. The minimum Gasteiger partial charge on any atom is -0.491 e. The Bertz CT molecular complexity index is 489. The fraction of sp³-hybridized carbons (Fsp3) is 0.625. The molecular weight excluding hydrogens is 293 g/mol. The Hall–Kier alpha value is -0.840. The summed E-state index contributed by atoms with van der Waals surface area (Å²) in [5.41, 5.74) is 0.471. The highest BCUT2D eigenvalue weighted by atomic mass is 35.5. The molecule has 118 valence electrons. The van der Waals surface area contributed by atoms with Crippen molar-refractivity contribution in [3.63, 3.8) is 0 Å². The molecule has 0 bridgehead atoms. The van der Waals surface area contributed by atoms with Gasteiger partial charge in [-0.1, -0.05) is 11.6 Å². The van der Waals surface area contributed by atoms with Gasteiger partial charge in [0.1, 0.15) is 11.6 Å². The van der Waals surface area contributed by atoms with Gasteiger partial charge < -0.3 is 14.8 Å². The Labute approximate surface area is 130 Å². The second kappa shape index (κ2) is 6.95. The molecule has 1 aliphatic rings. The van der Waals surface area contributed by atoms with E-state index >= 15 is 0 Å². The van der Waals surface area contributed by atoms with Crippen molar-refractivity contribution in [1.82, 2.24) is 5.32 Å². The minimum absolute atomic E-state index is 0.0114. The third-order valence-electron chi connectivity index (χ3n) is 3.59. The number of hydrogen-bond donors (Lipinski definition) is 1. The van der Waals surface area contributed by atoms with Crippen LogP contribution in [0.15, 0.2) is 12.1 Å². The normalized spacial score (nSPS) is 16.3. The molecule has 5 heteroatoms. The van der Waals surface area contributed by atoms with E-state index in [0.717, 1.165) is 12.8 Å². The van der Waals surface area contributed by atoms with Gasteiger partial charge in [0, 0.05) is 24.3 Å². The Balaban J connectivity index is 2.09. The molecule has 0 heterocycles. The lowest BCUT2D eigenvalue weighted by Crippen LogP contribution is -2.35. The molecule has 0 spiro atoms. The van der Waals surface area contributed by atoms with Crippen LogP contribution in [0, 0.1) is 5.82 Å². The van der Waals surface area contributed by atoms with E-state index in [4.69, 9.17) is 21.1 Å². The molecule has 3 nitrogen and oxygen atoms in total. The Morgan fingerprint density at radius 1 is 1.38 bits per heavy atom. The predicted octanol–water partition coefficient (Wildman–Crippen LogP) is 3.93. The van der Waals surface area contributed by atoms with Gasteiger partial charge in [-0.3, -0.25) is 0 Å². The van der Waals surface area contributed by atoms with Gasteiger partial charge in [0.25, 0.3) is 0 Å². The largest absolute Gasteiger partial charge is 0.491 e. The van der Waals surface area contributed by atoms with Gasteiger partial charge in [0.05, 0.1) is 17.7 Å². The van der Waals surface area contributed by atoms with Gasteiger partial charge in [-0.15, -0.1) is 0 Å². The Morgan fingerprint density at radius 3 is 2.67 bits per heavy atom. The van der Waals surface area contributed by atoms with E-state index in [-0.39, 0.29) is 16.7 Å². The zero-order valence-electron chi connectivity index (χ0n) is 12.8. The van der Waals surface area contributed by atoms with Crippen molar-refractivity contribution in [2.45, 2.75) is 51.8 Å². The molecule has 1 saturated carbocycles. The smallest absolute Gasteiger partial charge is 0.149 e. The Morgan fingerprint density at radius 2 is 2.10 bits per heavy atom. The van der Waals surface area contributed by atoms with Gasteiger partial charge in [0.2, 0.25) is 0 Å². The van der Waals surface area contributed by atoms with Crippen LogP contribution in [0.1, 0.15) is 39.2 Å². The van der Waals surface area contributed by atoms with E-state index in [1.165, 1.54) is 6.07 Å². The third kappa shape index (κ3) is 4.31. The molecule has 0 saturated heterocycles. The average molecular weight is 316 g/mol. The summed E-state index contributed by atoms with van der Waals surface area (Å²) in [5, 5.41) is 3.52. The molecule has 21 heavy (non-hydrogen) atoms. The molecule has 0 atom stereocenters. The molecule has 2 rings (SSSR count). The number of halogens is 2. The molecular formula is C16H23ClFNO2. The fourth-order valence-corrected chi connectivity index (χ4v) is 2.38. The van der Waals surface area contributed by atoms with Crippen molar-refractivity contribution in [2.75, 3.05) is 13.2 Å². The summed E-state index contributed by atoms with van der Waals surface area (Å²) in [6.45, 7) is 7.55. The first-order chi connectivity index (χ1) is 9.97. The van der Waals surface area contributed by atoms with Crippen LogP contribution in [0.3, 0.4) is 0 Å². The first-order valence-electron chi connectivity index (χ1n) is 7.44. The van der Waals surface area contributed by atoms with Crippen molar-refractivity contribution in [1.29, 1.82) is 0 Å². The van der Waals surface area contributed by atoms with Crippen molar-refractivity contribution < 1.29 is 13.9 Å². The van der Waals surface area contributed by atoms with Gasteiger partial charge in [-0.2, -0.15) is 0 Å². The monoisotopic (exact) mass is 315 g/mol. The standard InChI is InChI=1S/C16H23ClFNO2/c1-4-20-10-16(7-8-16)19-9-12-14(21-11(2)3)6-5-13(17)15(12)18/h5-6,11,19H,4,7-10H2,1-3H3. The minimum atomic E-state index is -0.408. The van der Waals surface area contributed by atoms with Crippen LogP contribution >= 0.6 is 11.6 Å². The molecule has 0 amide bonds. The molecule has 1 aromatic rings. The zero-order valence-corrected chi connectivity index (χ0v) is 13.6. The van der Waals surface area contributed by atoms with Crippen molar-refractivity contribution >= 4 is 11.6 Å². The van der Waals surface area contributed by atoms with Crippen LogP contribution in [0.2, 0.25) is 5.02 Å². The van der Waals surface area contributed by atoms with Crippen LogP contribution in [-0.2, 0) is 11.3 Å². The summed E-state index contributed by atoms with van der Waals surface area (Å²) < 4.78 is 25.4. The second-order valence-corrected chi connectivity index (χ2v) is 6.18. The van der Waals surface area contributed by atoms with Crippen LogP contribution in [0.25, 0.3) is 0 Å². The number of hydrogen-bond acceptors (Lipinski definition) is 3. The van der Waals surface area contributed by atoms with Crippen LogP contribution in [0.5, 0.6) is 5.75 Å². The molecule has 1 aliphatic carbocycles. The number of ether oxygens (including phenoxy) is 2. The highest BCUT2D eigenvalue weighted by Gasteiger charge is 2.42. The molecule has 0 aliphatic heterocycles. The predicted molar refractivity (Wildman–Crippen MR) is 82.5 cm³/mol.